The molecule has 242 valence electrons. The largest absolute Gasteiger partial charge is 0.386 e. The van der Waals surface area contributed by atoms with Crippen LogP contribution in [0.4, 0.5) is 11.8 Å². The lowest BCUT2D eigenvalue weighted by Gasteiger charge is -2.26. The third-order valence-corrected chi connectivity index (χ3v) is 10.2. The van der Waals surface area contributed by atoms with Crippen LogP contribution in [0.25, 0.3) is 22.3 Å². The second-order valence-corrected chi connectivity index (χ2v) is 14.5. The molecule has 0 radical (unpaired) electrons. The fourth-order valence-corrected chi connectivity index (χ4v) is 7.98. The Balaban J connectivity index is 1.21. The zero-order chi connectivity index (χ0) is 31.7. The predicted octanol–water partition coefficient (Wildman–Crippen LogP) is -1.00. The fourth-order valence-electron chi connectivity index (χ4n) is 5.56. The summed E-state index contributed by atoms with van der Waals surface area (Å²) in [5.74, 6) is -0.0399. The highest BCUT2D eigenvalue weighted by atomic mass is 32.7. The minimum atomic E-state index is -4.43. The summed E-state index contributed by atoms with van der Waals surface area (Å²) in [6.45, 7) is -5.06. The van der Waals surface area contributed by atoms with E-state index < -0.39 is 72.2 Å². The topological polar surface area (TPSA) is 278 Å². The summed E-state index contributed by atoms with van der Waals surface area (Å²) >= 11 is 4.18. The molecule has 4 aromatic heterocycles. The van der Waals surface area contributed by atoms with E-state index in [1.165, 1.54) is 30.7 Å². The first kappa shape index (κ1) is 30.4. The van der Waals surface area contributed by atoms with Crippen molar-refractivity contribution < 1.29 is 40.4 Å². The number of hydrogen-bond acceptors (Lipinski definition) is 17. The van der Waals surface area contributed by atoms with Gasteiger partial charge in [0.05, 0.1) is 19.3 Å². The number of anilines is 2. The Labute approximate surface area is 257 Å². The highest BCUT2D eigenvalue weighted by Gasteiger charge is 2.51. The van der Waals surface area contributed by atoms with E-state index in [0.717, 1.165) is 0 Å². The van der Waals surface area contributed by atoms with Crippen molar-refractivity contribution >= 4 is 63.4 Å². The Hall–Kier alpha value is -3.25. The smallest absolute Gasteiger partial charge is 0.382 e. The first-order chi connectivity index (χ1) is 21.4. The molecule has 0 spiro atoms. The maximum atomic E-state index is 13.6. The molecule has 0 amide bonds. The standard InChI is InChI=1S/C21H26N11O10PS2/c1-37-14-9-3-28-45(35,36)42-8-2-11(31-6-26-12-16(22)24-5-25-17(12)31)39-10(8)4-38-43(34,44)41-15(14)20(40-9)32-7-27-13-18(32)29-21(23)30-19(13)33/h5-11,14-15,20,28H,2-4H2,1H3,(H,34,44)(H2,22,24,25)(H3,23,29,30,33). The van der Waals surface area contributed by atoms with Crippen LogP contribution in [0.1, 0.15) is 18.9 Å². The first-order valence-electron chi connectivity index (χ1n) is 13.3. The van der Waals surface area contributed by atoms with Crippen molar-refractivity contribution in [3.05, 3.63) is 29.3 Å². The number of imidazole rings is 2. The van der Waals surface area contributed by atoms with Crippen molar-refractivity contribution in [3.63, 3.8) is 0 Å². The van der Waals surface area contributed by atoms with E-state index in [4.69, 9.17) is 38.9 Å². The molecular weight excluding hydrogens is 661 g/mol. The number of nitrogen functional groups attached to an aromatic ring is 2. The van der Waals surface area contributed by atoms with Gasteiger partial charge in [-0.3, -0.25) is 32.1 Å². The van der Waals surface area contributed by atoms with Gasteiger partial charge < -0.3 is 25.7 Å². The Morgan fingerprint density at radius 2 is 1.84 bits per heavy atom. The van der Waals surface area contributed by atoms with Gasteiger partial charge in [0.2, 0.25) is 5.95 Å². The van der Waals surface area contributed by atoms with Gasteiger partial charge in [-0.25, -0.2) is 24.5 Å². The number of thiol groups is 1. The van der Waals surface area contributed by atoms with Crippen LogP contribution < -0.4 is 21.7 Å². The van der Waals surface area contributed by atoms with Gasteiger partial charge >= 0.3 is 17.1 Å². The molecule has 2 bridgehead atoms. The van der Waals surface area contributed by atoms with Gasteiger partial charge in [0, 0.05) is 20.1 Å². The van der Waals surface area contributed by atoms with Crippen LogP contribution in [0.3, 0.4) is 0 Å². The molecule has 8 unspecified atom stereocenters. The minimum absolute atomic E-state index is 0.0102. The molecule has 3 fully saturated rings. The van der Waals surface area contributed by atoms with Gasteiger partial charge in [0.1, 0.15) is 48.6 Å². The molecule has 0 aliphatic carbocycles. The number of nitrogens with two attached hydrogens (primary N) is 2. The van der Waals surface area contributed by atoms with E-state index in [1.807, 2.05) is 0 Å². The van der Waals surface area contributed by atoms with Crippen molar-refractivity contribution in [2.75, 3.05) is 31.7 Å². The van der Waals surface area contributed by atoms with Gasteiger partial charge in [-0.2, -0.15) is 18.1 Å². The van der Waals surface area contributed by atoms with E-state index in [9.17, 15) is 17.8 Å². The number of nitrogens with one attached hydrogen (secondary N) is 2. The minimum Gasteiger partial charge on any atom is -0.382 e. The molecule has 3 aliphatic rings. The van der Waals surface area contributed by atoms with Crippen LogP contribution in [-0.4, -0.2) is 98.2 Å². The Kier molecular flexibility index (Phi) is 7.58. The summed E-state index contributed by atoms with van der Waals surface area (Å²) in [6.07, 6.45) is -3.52. The predicted molar refractivity (Wildman–Crippen MR) is 155 cm³/mol. The SMILES string of the molecule is COC1C2CNS(=O)(=O)OC3CC(n4cnc5c(N)ncnc54)OC3COP(=O)(S)OC1C(n1cnc3c(=O)[nH]c(N)nc31)O2. The number of fused-ring (bicyclic) bond motifs is 5. The second-order valence-electron chi connectivity index (χ2n) is 10.3. The lowest BCUT2D eigenvalue weighted by atomic mass is 10.1. The molecule has 8 atom stereocenters. The summed E-state index contributed by atoms with van der Waals surface area (Å²) < 4.78 is 80.0. The summed E-state index contributed by atoms with van der Waals surface area (Å²) in [7, 11) is -3.10. The third-order valence-electron chi connectivity index (χ3n) is 7.53. The molecule has 6 N–H and O–H groups in total. The number of H-pyrrole nitrogens is 1. The lowest BCUT2D eigenvalue weighted by Crippen LogP contribution is -2.43. The van der Waals surface area contributed by atoms with Gasteiger partial charge in [0.25, 0.3) is 5.56 Å². The summed E-state index contributed by atoms with van der Waals surface area (Å²) in [5, 5.41) is 0. The lowest BCUT2D eigenvalue weighted by molar-refractivity contribution is -0.0454. The summed E-state index contributed by atoms with van der Waals surface area (Å²) in [5.41, 5.74) is 11.7. The Morgan fingerprint density at radius 3 is 2.64 bits per heavy atom. The quantitative estimate of drug-likeness (QED) is 0.127. The van der Waals surface area contributed by atoms with Crippen LogP contribution in [-0.2, 0) is 42.3 Å². The van der Waals surface area contributed by atoms with Gasteiger partial charge in [-0.15, -0.1) is 0 Å². The van der Waals surface area contributed by atoms with Crippen molar-refractivity contribution in [2.45, 2.75) is 49.4 Å². The zero-order valence-electron chi connectivity index (χ0n) is 23.1. The van der Waals surface area contributed by atoms with E-state index in [-0.39, 0.29) is 35.9 Å². The van der Waals surface area contributed by atoms with Gasteiger partial charge in [-0.1, -0.05) is 12.2 Å². The molecule has 24 heteroatoms. The average molecular weight is 688 g/mol. The van der Waals surface area contributed by atoms with E-state index in [0.29, 0.717) is 11.2 Å². The summed E-state index contributed by atoms with van der Waals surface area (Å²) in [6, 6.07) is 0. The normalized spacial score (nSPS) is 33.9. The molecular formula is C21H26N11O10PS2. The number of rotatable bonds is 3. The zero-order valence-corrected chi connectivity index (χ0v) is 25.7. The highest BCUT2D eigenvalue weighted by Crippen LogP contribution is 2.57. The van der Waals surface area contributed by atoms with Gasteiger partial charge in [-0.05, 0) is 0 Å². The molecule has 0 aromatic carbocycles. The molecule has 45 heavy (non-hydrogen) atoms. The van der Waals surface area contributed by atoms with Crippen molar-refractivity contribution in [1.29, 1.82) is 0 Å². The van der Waals surface area contributed by atoms with Crippen molar-refractivity contribution in [2.24, 2.45) is 0 Å². The van der Waals surface area contributed by atoms with Gasteiger partial charge in [0.15, 0.2) is 28.9 Å². The van der Waals surface area contributed by atoms with Crippen LogP contribution >= 0.6 is 19.0 Å². The van der Waals surface area contributed by atoms with E-state index in [1.54, 1.807) is 4.57 Å². The second kappa shape index (κ2) is 11.2. The average Bonchev–Trinajstić information content (AvgIpc) is 3.74. The van der Waals surface area contributed by atoms with Crippen LogP contribution in [0.2, 0.25) is 0 Å². The first-order valence-corrected chi connectivity index (χ1v) is 17.4. The van der Waals surface area contributed by atoms with Crippen LogP contribution in [0, 0.1) is 0 Å². The molecule has 0 saturated carbocycles. The molecule has 4 aromatic rings. The number of nitrogens with zero attached hydrogens (tertiary/aromatic N) is 7. The number of ether oxygens (including phenoxy) is 3. The molecule has 3 aliphatic heterocycles. The number of hydrogen-bond donors (Lipinski definition) is 5. The Morgan fingerprint density at radius 1 is 1.07 bits per heavy atom. The highest BCUT2D eigenvalue weighted by molar-refractivity contribution is 8.44. The molecule has 7 heterocycles. The maximum Gasteiger partial charge on any atom is 0.386 e. The maximum absolute atomic E-state index is 13.6. The monoisotopic (exact) mass is 687 g/mol. The van der Waals surface area contributed by atoms with Crippen molar-refractivity contribution in [1.82, 2.24) is 43.8 Å². The fraction of sp³-hybridized carbons (Fsp3) is 0.524. The number of aromatic amines is 1. The third kappa shape index (κ3) is 5.58. The molecule has 3 saturated heterocycles. The molecule has 21 nitrogen and oxygen atoms in total. The van der Waals surface area contributed by atoms with Crippen molar-refractivity contribution in [3.8, 4) is 0 Å². The van der Waals surface area contributed by atoms with Crippen LogP contribution in [0.5, 0.6) is 0 Å². The molecule has 7 rings (SSSR count). The number of methoxy groups -OCH3 is 1. The van der Waals surface area contributed by atoms with Crippen LogP contribution in [0.15, 0.2) is 23.8 Å². The van der Waals surface area contributed by atoms with E-state index >= 15 is 0 Å². The summed E-state index contributed by atoms with van der Waals surface area (Å²) in [4.78, 5) is 35.3. The van der Waals surface area contributed by atoms with E-state index in [2.05, 4.69) is 46.9 Å². The number of aromatic nitrogens is 8. The Bertz CT molecular complexity index is 1990.